The van der Waals surface area contributed by atoms with Gasteiger partial charge in [-0.1, -0.05) is 62.1 Å². The predicted octanol–water partition coefficient (Wildman–Crippen LogP) is 6.58. The van der Waals surface area contributed by atoms with Crippen LogP contribution in [0.25, 0.3) is 10.8 Å². The van der Waals surface area contributed by atoms with Crippen LogP contribution in [0, 0.1) is 11.3 Å². The Morgan fingerprint density at radius 3 is 2.59 bits per heavy atom. The lowest BCUT2D eigenvalue weighted by Gasteiger charge is -2.42. The van der Waals surface area contributed by atoms with Gasteiger partial charge < -0.3 is 29.1 Å². The summed E-state index contributed by atoms with van der Waals surface area (Å²) in [7, 11) is -1.35. The zero-order valence-corrected chi connectivity index (χ0v) is 31.3. The smallest absolute Gasteiger partial charge is 0.410 e. The molecule has 2 atom stereocenters. The van der Waals surface area contributed by atoms with E-state index in [9.17, 15) is 19.2 Å². The summed E-state index contributed by atoms with van der Waals surface area (Å²) in [4.78, 5) is 42.9. The molecule has 3 aliphatic rings. The van der Waals surface area contributed by atoms with E-state index in [1.807, 2.05) is 35.2 Å². The Balaban J connectivity index is 1.28. The van der Waals surface area contributed by atoms with Crippen molar-refractivity contribution in [2.45, 2.75) is 70.0 Å². The molecule has 0 spiro atoms. The third-order valence-corrected chi connectivity index (χ3v) is 11.9. The summed E-state index contributed by atoms with van der Waals surface area (Å²) in [5.41, 5.74) is 2.77. The summed E-state index contributed by atoms with van der Waals surface area (Å²) in [5.74, 6) is -1.17. The Bertz CT molecular complexity index is 1840. The van der Waals surface area contributed by atoms with Crippen LogP contribution in [-0.4, -0.2) is 97.9 Å². The SMILES string of the molecule is C=C(F)C(=O)N1CCN(c2nc(OC[C@@H]3CCCN3C(=O)OCC[Si](C)(C)C)nc3c2CCN(c2cccc4cccc(Cl)c24)C3)C[C@@H]1CC#N. The number of hydrogen-bond donors (Lipinski definition) is 0. The summed E-state index contributed by atoms with van der Waals surface area (Å²) in [6.45, 7) is 13.2. The molecule has 0 saturated carbocycles. The predicted molar refractivity (Wildman–Crippen MR) is 199 cm³/mol. The number of fused-ring (bicyclic) bond motifs is 2. The third-order valence-electron chi connectivity index (χ3n) is 9.89. The maximum Gasteiger partial charge on any atom is 0.410 e. The molecule has 0 N–H and O–H groups in total. The van der Waals surface area contributed by atoms with Crippen LogP contribution in [0.2, 0.25) is 30.7 Å². The van der Waals surface area contributed by atoms with E-state index in [4.69, 9.17) is 31.0 Å². The number of likely N-dealkylation sites (tertiary alicyclic amines) is 1. The van der Waals surface area contributed by atoms with Crippen LogP contribution < -0.4 is 14.5 Å². The lowest BCUT2D eigenvalue weighted by Crippen LogP contribution is -2.55. The zero-order chi connectivity index (χ0) is 36.3. The number of benzene rings is 2. The number of anilines is 2. The van der Waals surface area contributed by atoms with E-state index in [0.29, 0.717) is 50.0 Å². The molecule has 1 aromatic heterocycles. The van der Waals surface area contributed by atoms with Crippen LogP contribution in [-0.2, 0) is 22.5 Å². The summed E-state index contributed by atoms with van der Waals surface area (Å²) < 4.78 is 25.9. The fourth-order valence-corrected chi connectivity index (χ4v) is 8.15. The molecular weight excluding hydrogens is 689 g/mol. The standard InChI is InChI=1S/C37H45ClFN7O4Si/c1-25(39)35(47)45-19-18-44(22-27(45)13-15-40)34-29-14-17-43(32-12-6-9-26-8-5-11-30(38)33(26)32)23-31(29)41-36(42-34)50-24-28-10-7-16-46(28)37(48)49-20-21-51(2,3)4/h5-6,8-9,11-12,27-28H,1,7,10,13-14,16-24H2,2-4H3/t27-,28-/m0/s1. The number of ether oxygens (including phenoxy) is 2. The molecule has 2 saturated heterocycles. The Morgan fingerprint density at radius 1 is 1.06 bits per heavy atom. The first kappa shape index (κ1) is 36.4. The summed E-state index contributed by atoms with van der Waals surface area (Å²) in [6, 6.07) is 14.5. The Hall–Kier alpha value is -4.41. The summed E-state index contributed by atoms with van der Waals surface area (Å²) in [6.07, 6.45) is 1.98. The van der Waals surface area contributed by atoms with Crippen LogP contribution in [0.5, 0.6) is 6.01 Å². The second kappa shape index (κ2) is 15.5. The molecule has 3 aliphatic heterocycles. The molecular formula is C37H45ClFN7O4Si. The topological polar surface area (TPSA) is 115 Å². The molecule has 3 aromatic rings. The number of nitrogens with zero attached hydrogens (tertiary/aromatic N) is 7. The van der Waals surface area contributed by atoms with Gasteiger partial charge in [0.05, 0.1) is 48.4 Å². The highest BCUT2D eigenvalue weighted by Gasteiger charge is 2.36. The van der Waals surface area contributed by atoms with Gasteiger partial charge in [-0.25, -0.2) is 9.18 Å². The van der Waals surface area contributed by atoms with Gasteiger partial charge in [0.25, 0.3) is 5.91 Å². The van der Waals surface area contributed by atoms with Crippen molar-refractivity contribution in [1.82, 2.24) is 19.8 Å². The van der Waals surface area contributed by atoms with Gasteiger partial charge in [0.15, 0.2) is 5.83 Å². The number of carbonyl (C=O) groups excluding carboxylic acids is 2. The highest BCUT2D eigenvalue weighted by Crippen LogP contribution is 2.37. The first-order valence-electron chi connectivity index (χ1n) is 17.6. The molecule has 6 rings (SSSR count). The summed E-state index contributed by atoms with van der Waals surface area (Å²) >= 11 is 6.72. The van der Waals surface area contributed by atoms with Crippen molar-refractivity contribution in [2.24, 2.45) is 0 Å². The average Bonchev–Trinajstić information content (AvgIpc) is 3.58. The number of halogens is 2. The lowest BCUT2D eigenvalue weighted by atomic mass is 10.0. The summed E-state index contributed by atoms with van der Waals surface area (Å²) in [5, 5.41) is 12.3. The Labute approximate surface area is 304 Å². The highest BCUT2D eigenvalue weighted by molar-refractivity contribution is 6.76. The molecule has 11 nitrogen and oxygen atoms in total. The third kappa shape index (κ3) is 8.23. The highest BCUT2D eigenvalue weighted by atomic mass is 35.5. The van der Waals surface area contributed by atoms with Gasteiger partial charge in [-0.3, -0.25) is 4.79 Å². The minimum Gasteiger partial charge on any atom is -0.461 e. The second-order valence-electron chi connectivity index (χ2n) is 14.6. The molecule has 0 unspecified atom stereocenters. The van der Waals surface area contributed by atoms with Gasteiger partial charge in [-0.2, -0.15) is 15.2 Å². The Kier molecular flexibility index (Phi) is 11.0. The van der Waals surface area contributed by atoms with Crippen molar-refractivity contribution in [3.05, 3.63) is 65.1 Å². The molecule has 270 valence electrons. The number of aromatic nitrogens is 2. The monoisotopic (exact) mass is 733 g/mol. The number of hydrogen-bond acceptors (Lipinski definition) is 9. The maximum absolute atomic E-state index is 13.9. The molecule has 2 aromatic carbocycles. The van der Waals surface area contributed by atoms with Crippen LogP contribution in [0.15, 0.2) is 48.8 Å². The minimum absolute atomic E-state index is 0.0350. The van der Waals surface area contributed by atoms with E-state index in [1.54, 1.807) is 4.90 Å². The van der Waals surface area contributed by atoms with E-state index >= 15 is 0 Å². The van der Waals surface area contributed by atoms with Gasteiger partial charge in [-0.15, -0.1) is 0 Å². The molecule has 2 fully saturated rings. The number of piperazine rings is 1. The number of carbonyl (C=O) groups is 2. The van der Waals surface area contributed by atoms with Gasteiger partial charge in [0.2, 0.25) is 0 Å². The van der Waals surface area contributed by atoms with E-state index in [1.165, 1.54) is 4.90 Å². The van der Waals surface area contributed by atoms with Gasteiger partial charge in [0.1, 0.15) is 12.4 Å². The van der Waals surface area contributed by atoms with Crippen molar-refractivity contribution in [1.29, 1.82) is 5.26 Å². The number of rotatable bonds is 10. The second-order valence-corrected chi connectivity index (χ2v) is 20.7. The van der Waals surface area contributed by atoms with E-state index < -0.39 is 25.8 Å². The molecule has 51 heavy (non-hydrogen) atoms. The molecule has 2 amide bonds. The van der Waals surface area contributed by atoms with E-state index in [2.05, 4.69) is 43.3 Å². The minimum atomic E-state index is -1.35. The molecule has 4 heterocycles. The molecule has 0 radical (unpaired) electrons. The van der Waals surface area contributed by atoms with Gasteiger partial charge >= 0.3 is 12.1 Å². The fraction of sp³-hybridized carbons (Fsp3) is 0.486. The zero-order valence-electron chi connectivity index (χ0n) is 29.5. The number of nitriles is 1. The van der Waals surface area contributed by atoms with E-state index in [-0.39, 0.29) is 44.3 Å². The number of amides is 2. The van der Waals surface area contributed by atoms with Crippen molar-refractivity contribution >= 4 is 54.0 Å². The molecule has 14 heteroatoms. The quantitative estimate of drug-likeness (QED) is 0.168. The fourth-order valence-electron chi connectivity index (χ4n) is 7.16. The van der Waals surface area contributed by atoms with Crippen molar-refractivity contribution in [2.75, 3.05) is 55.7 Å². The average molecular weight is 734 g/mol. The van der Waals surface area contributed by atoms with Crippen molar-refractivity contribution in [3.8, 4) is 12.1 Å². The van der Waals surface area contributed by atoms with Crippen LogP contribution in [0.3, 0.4) is 0 Å². The normalized spacial score (nSPS) is 19.1. The lowest BCUT2D eigenvalue weighted by molar-refractivity contribution is -0.131. The first-order valence-corrected chi connectivity index (χ1v) is 21.7. The molecule has 0 bridgehead atoms. The Morgan fingerprint density at radius 2 is 1.84 bits per heavy atom. The van der Waals surface area contributed by atoms with Crippen LogP contribution >= 0.6 is 11.6 Å². The maximum atomic E-state index is 13.9. The largest absolute Gasteiger partial charge is 0.461 e. The van der Waals surface area contributed by atoms with E-state index in [0.717, 1.165) is 46.6 Å². The first-order chi connectivity index (χ1) is 24.4. The van der Waals surface area contributed by atoms with Crippen molar-refractivity contribution < 1.29 is 23.5 Å². The van der Waals surface area contributed by atoms with Gasteiger partial charge in [0, 0.05) is 57.4 Å². The van der Waals surface area contributed by atoms with Gasteiger partial charge in [-0.05, 0) is 42.8 Å². The van der Waals surface area contributed by atoms with Crippen LogP contribution in [0.4, 0.5) is 20.7 Å². The van der Waals surface area contributed by atoms with Crippen molar-refractivity contribution in [3.63, 3.8) is 0 Å². The molecule has 0 aliphatic carbocycles. The van der Waals surface area contributed by atoms with Crippen LogP contribution in [0.1, 0.15) is 30.5 Å².